The quantitative estimate of drug-likeness (QED) is 0.638. The number of benzene rings is 2. The molecule has 0 atom stereocenters. The zero-order valence-corrected chi connectivity index (χ0v) is 20.1. The minimum absolute atomic E-state index is 0.103. The van der Waals surface area contributed by atoms with E-state index in [0.717, 1.165) is 37.1 Å². The van der Waals surface area contributed by atoms with Crippen LogP contribution in [0, 0.1) is 11.7 Å². The lowest BCUT2D eigenvalue weighted by Crippen LogP contribution is -2.45. The van der Waals surface area contributed by atoms with Gasteiger partial charge in [-0.05, 0) is 49.1 Å². The Hall–Kier alpha value is -2.00. The molecule has 2 aromatic carbocycles. The van der Waals surface area contributed by atoms with Crippen LogP contribution < -0.4 is 0 Å². The van der Waals surface area contributed by atoms with E-state index in [1.807, 2.05) is 29.2 Å². The minimum atomic E-state index is -3.89. The van der Waals surface area contributed by atoms with Crippen LogP contribution in [0.25, 0.3) is 0 Å². The van der Waals surface area contributed by atoms with Gasteiger partial charge in [-0.1, -0.05) is 35.9 Å². The van der Waals surface area contributed by atoms with Crippen LogP contribution >= 0.6 is 11.6 Å². The number of nitrogens with zero attached hydrogens (tertiary/aromatic N) is 3. The lowest BCUT2D eigenvalue weighted by Gasteiger charge is -2.33. The summed E-state index contributed by atoms with van der Waals surface area (Å²) in [4.78, 5) is 17.1. The van der Waals surface area contributed by atoms with E-state index in [1.165, 1.54) is 28.1 Å². The second-order valence-electron chi connectivity index (χ2n) is 8.69. The topological polar surface area (TPSA) is 60.9 Å². The summed E-state index contributed by atoms with van der Waals surface area (Å²) in [5.41, 5.74) is 1.20. The Morgan fingerprint density at radius 2 is 1.64 bits per heavy atom. The van der Waals surface area contributed by atoms with Crippen molar-refractivity contribution in [2.45, 2.75) is 30.7 Å². The van der Waals surface area contributed by atoms with E-state index in [2.05, 4.69) is 4.90 Å². The summed E-state index contributed by atoms with van der Waals surface area (Å²) < 4.78 is 41.0. The second-order valence-corrected chi connectivity index (χ2v) is 11.0. The number of hydrogen-bond acceptors (Lipinski definition) is 4. The molecule has 0 spiro atoms. The lowest BCUT2D eigenvalue weighted by atomic mass is 9.96. The minimum Gasteiger partial charge on any atom is -0.341 e. The van der Waals surface area contributed by atoms with Crippen molar-refractivity contribution in [1.82, 2.24) is 14.1 Å². The van der Waals surface area contributed by atoms with Crippen molar-refractivity contribution in [2.24, 2.45) is 5.92 Å². The van der Waals surface area contributed by atoms with Gasteiger partial charge in [0.15, 0.2) is 0 Å². The maximum atomic E-state index is 14.0. The predicted molar refractivity (Wildman–Crippen MR) is 126 cm³/mol. The molecule has 178 valence electrons. The first kappa shape index (κ1) is 24.1. The van der Waals surface area contributed by atoms with Gasteiger partial charge in [0, 0.05) is 56.8 Å². The molecule has 0 N–H and O–H groups in total. The van der Waals surface area contributed by atoms with Gasteiger partial charge in [0.1, 0.15) is 10.7 Å². The monoisotopic (exact) mass is 493 g/mol. The van der Waals surface area contributed by atoms with Gasteiger partial charge in [-0.25, -0.2) is 12.8 Å². The average Bonchev–Trinajstić information content (AvgIpc) is 3.06. The summed E-state index contributed by atoms with van der Waals surface area (Å²) in [5, 5.41) is 0.721. The molecule has 2 saturated heterocycles. The number of halogens is 2. The van der Waals surface area contributed by atoms with Crippen molar-refractivity contribution < 1.29 is 17.6 Å². The molecule has 6 nitrogen and oxygen atoms in total. The fourth-order valence-electron chi connectivity index (χ4n) is 4.59. The average molecular weight is 494 g/mol. The Labute approximate surface area is 200 Å². The van der Waals surface area contributed by atoms with E-state index in [4.69, 9.17) is 11.6 Å². The number of hydrogen-bond donors (Lipinski definition) is 0. The van der Waals surface area contributed by atoms with Gasteiger partial charge >= 0.3 is 0 Å². The Kier molecular flexibility index (Phi) is 7.69. The van der Waals surface area contributed by atoms with Crippen LogP contribution in [0.5, 0.6) is 0 Å². The second kappa shape index (κ2) is 10.5. The summed E-state index contributed by atoms with van der Waals surface area (Å²) in [7, 11) is -3.89. The number of rotatable bonds is 5. The molecule has 4 rings (SSSR count). The molecular formula is C24H29ClFN3O3S. The molecule has 2 heterocycles. The van der Waals surface area contributed by atoms with Gasteiger partial charge in [0.05, 0.1) is 0 Å². The smallest absolute Gasteiger partial charge is 0.245 e. The Morgan fingerprint density at radius 1 is 0.939 bits per heavy atom. The molecule has 0 aliphatic carbocycles. The standard InChI is InChI=1S/C24H29ClFN3O3S/c25-21-8-6-19(7-9-21)18-27-12-3-13-28(17-16-27)24(30)20-10-14-29(15-11-20)33(31,32)23-5-2-1-4-22(23)26/h1-2,4-9,20H,3,10-18H2. The molecule has 2 aromatic rings. The molecule has 0 saturated carbocycles. The zero-order valence-electron chi connectivity index (χ0n) is 18.5. The third-order valence-electron chi connectivity index (χ3n) is 6.48. The van der Waals surface area contributed by atoms with Gasteiger partial charge in [-0.3, -0.25) is 9.69 Å². The van der Waals surface area contributed by atoms with Gasteiger partial charge < -0.3 is 4.90 Å². The third-order valence-corrected chi connectivity index (χ3v) is 8.66. The molecule has 2 fully saturated rings. The summed E-state index contributed by atoms with van der Waals surface area (Å²) in [6, 6.07) is 13.3. The molecule has 2 aliphatic heterocycles. The molecule has 33 heavy (non-hydrogen) atoms. The first-order valence-corrected chi connectivity index (χ1v) is 13.2. The normalized spacial score (nSPS) is 19.4. The van der Waals surface area contributed by atoms with Crippen LogP contribution in [0.1, 0.15) is 24.8 Å². The maximum absolute atomic E-state index is 14.0. The van der Waals surface area contributed by atoms with Crippen molar-refractivity contribution in [1.29, 1.82) is 0 Å². The number of piperidine rings is 1. The van der Waals surface area contributed by atoms with Crippen molar-refractivity contribution >= 4 is 27.5 Å². The fourth-order valence-corrected chi connectivity index (χ4v) is 6.25. The highest BCUT2D eigenvalue weighted by atomic mass is 35.5. The zero-order chi connectivity index (χ0) is 23.4. The Morgan fingerprint density at radius 3 is 2.33 bits per heavy atom. The molecular weight excluding hydrogens is 465 g/mol. The largest absolute Gasteiger partial charge is 0.341 e. The summed E-state index contributed by atoms with van der Waals surface area (Å²) >= 11 is 5.97. The van der Waals surface area contributed by atoms with Crippen LogP contribution in [0.4, 0.5) is 4.39 Å². The number of carbonyl (C=O) groups excluding carboxylic acids is 1. The predicted octanol–water partition coefficient (Wildman–Crippen LogP) is 3.61. The molecule has 1 amide bonds. The van der Waals surface area contributed by atoms with Crippen molar-refractivity contribution in [2.75, 3.05) is 39.3 Å². The number of amides is 1. The van der Waals surface area contributed by atoms with Crippen LogP contribution in [0.2, 0.25) is 5.02 Å². The Balaban J connectivity index is 1.30. The fraction of sp³-hybridized carbons (Fsp3) is 0.458. The SMILES string of the molecule is O=C(C1CCN(S(=O)(=O)c2ccccc2F)CC1)N1CCCN(Cc2ccc(Cl)cc2)CC1. The van der Waals surface area contributed by atoms with E-state index in [1.54, 1.807) is 0 Å². The molecule has 0 bridgehead atoms. The highest BCUT2D eigenvalue weighted by Crippen LogP contribution is 2.27. The van der Waals surface area contributed by atoms with Gasteiger partial charge in [0.2, 0.25) is 15.9 Å². The van der Waals surface area contributed by atoms with E-state index < -0.39 is 15.8 Å². The molecule has 0 unspecified atom stereocenters. The highest BCUT2D eigenvalue weighted by Gasteiger charge is 2.35. The molecule has 0 aromatic heterocycles. The van der Waals surface area contributed by atoms with E-state index in [9.17, 15) is 17.6 Å². The molecule has 2 aliphatic rings. The summed E-state index contributed by atoms with van der Waals surface area (Å²) in [5.74, 6) is -0.838. The van der Waals surface area contributed by atoms with Crippen molar-refractivity contribution in [3.05, 3.63) is 64.9 Å². The first-order chi connectivity index (χ1) is 15.8. The molecule has 0 radical (unpaired) electrons. The van der Waals surface area contributed by atoms with Crippen molar-refractivity contribution in [3.63, 3.8) is 0 Å². The van der Waals surface area contributed by atoms with E-state index in [0.29, 0.717) is 25.9 Å². The molecule has 9 heteroatoms. The van der Waals surface area contributed by atoms with Crippen LogP contribution in [-0.4, -0.2) is 67.7 Å². The van der Waals surface area contributed by atoms with Gasteiger partial charge in [-0.2, -0.15) is 4.31 Å². The number of carbonyl (C=O) groups is 1. The lowest BCUT2D eigenvalue weighted by molar-refractivity contribution is -0.136. The van der Waals surface area contributed by atoms with Crippen LogP contribution in [0.3, 0.4) is 0 Å². The third kappa shape index (κ3) is 5.74. The Bertz CT molecular complexity index is 1070. The van der Waals surface area contributed by atoms with Gasteiger partial charge in [0.25, 0.3) is 0 Å². The first-order valence-electron chi connectivity index (χ1n) is 11.3. The summed E-state index contributed by atoms with van der Waals surface area (Å²) in [6.07, 6.45) is 1.81. The van der Waals surface area contributed by atoms with Gasteiger partial charge in [-0.15, -0.1) is 0 Å². The van der Waals surface area contributed by atoms with Crippen molar-refractivity contribution in [3.8, 4) is 0 Å². The highest BCUT2D eigenvalue weighted by molar-refractivity contribution is 7.89. The van der Waals surface area contributed by atoms with Crippen LogP contribution in [-0.2, 0) is 21.4 Å². The van der Waals surface area contributed by atoms with E-state index in [-0.39, 0.29) is 29.8 Å². The van der Waals surface area contributed by atoms with Crippen LogP contribution in [0.15, 0.2) is 53.4 Å². The number of sulfonamides is 1. The van der Waals surface area contributed by atoms with E-state index >= 15 is 0 Å². The summed E-state index contributed by atoms with van der Waals surface area (Å²) in [6.45, 7) is 4.38. The maximum Gasteiger partial charge on any atom is 0.245 e.